The van der Waals surface area contributed by atoms with Crippen LogP contribution in [0.2, 0.25) is 0 Å². The first-order chi connectivity index (χ1) is 16.5. The molecule has 0 spiro atoms. The third kappa shape index (κ3) is 7.79. The summed E-state index contributed by atoms with van der Waals surface area (Å²) < 4.78 is 0. The number of nitrogens with two attached hydrogens (primary N) is 1. The Hall–Kier alpha value is -3.97. The third-order valence-corrected chi connectivity index (χ3v) is 5.28. The van der Waals surface area contributed by atoms with Crippen LogP contribution in [0.4, 0.5) is 0 Å². The highest BCUT2D eigenvalue weighted by atomic mass is 16.4. The summed E-state index contributed by atoms with van der Waals surface area (Å²) in [7, 11) is 0. The summed E-state index contributed by atoms with van der Waals surface area (Å²) in [5, 5.41) is 34.7. The first-order valence-corrected chi connectivity index (χ1v) is 10.8. The number of aliphatic carboxylic acids is 2. The Labute approximate surface area is 200 Å². The van der Waals surface area contributed by atoms with Crippen molar-refractivity contribution in [2.75, 3.05) is 6.61 Å². The van der Waals surface area contributed by atoms with Crippen LogP contribution >= 0.6 is 0 Å². The quantitative estimate of drug-likeness (QED) is 0.162. The van der Waals surface area contributed by atoms with Crippen molar-refractivity contribution in [3.8, 4) is 0 Å². The normalized spacial score (nSPS) is 14.4. The van der Waals surface area contributed by atoms with E-state index in [1.54, 1.807) is 6.20 Å². The molecular weight excluding hydrogens is 462 g/mol. The Morgan fingerprint density at radius 3 is 2.26 bits per heavy atom. The lowest BCUT2D eigenvalue weighted by atomic mass is 10.0. The van der Waals surface area contributed by atoms with E-state index in [1.807, 2.05) is 29.6 Å². The third-order valence-electron chi connectivity index (χ3n) is 5.28. The van der Waals surface area contributed by atoms with Crippen molar-refractivity contribution in [2.24, 2.45) is 5.73 Å². The standard InChI is InChI=1S/C22H29N5O8/c1-11(25-20(32)14(23)8-12-9-24-15-5-3-2-4-13(12)15)19(31)26-16(6-7-18(29)30)21(33)27-17(10-28)22(34)35/h2-5,9,11,14,16-17,24,28H,6-8,10,23H2,1H3,(H,25,32)(H,26,31)(H,27,33)(H,29,30)(H,34,35). The monoisotopic (exact) mass is 491 g/mol. The van der Waals surface area contributed by atoms with E-state index >= 15 is 0 Å². The lowest BCUT2D eigenvalue weighted by Gasteiger charge is -2.23. The van der Waals surface area contributed by atoms with E-state index in [0.717, 1.165) is 16.5 Å². The maximum atomic E-state index is 12.6. The lowest BCUT2D eigenvalue weighted by molar-refractivity contribution is -0.144. The minimum absolute atomic E-state index is 0.200. The fourth-order valence-corrected chi connectivity index (χ4v) is 3.31. The molecule has 13 nitrogen and oxygen atoms in total. The summed E-state index contributed by atoms with van der Waals surface area (Å²) in [6.45, 7) is 0.451. The van der Waals surface area contributed by atoms with Crippen LogP contribution in [-0.4, -0.2) is 80.7 Å². The van der Waals surface area contributed by atoms with Crippen molar-refractivity contribution in [3.05, 3.63) is 36.0 Å². The summed E-state index contributed by atoms with van der Waals surface area (Å²) in [5.41, 5.74) is 7.72. The molecule has 1 aromatic carbocycles. The number of benzene rings is 1. The predicted molar refractivity (Wildman–Crippen MR) is 123 cm³/mol. The smallest absolute Gasteiger partial charge is 0.328 e. The van der Waals surface area contributed by atoms with Crippen LogP contribution in [0.3, 0.4) is 0 Å². The predicted octanol–water partition coefficient (Wildman–Crippen LogP) is -1.55. The van der Waals surface area contributed by atoms with Crippen LogP contribution < -0.4 is 21.7 Å². The summed E-state index contributed by atoms with van der Waals surface area (Å²) in [5.74, 6) is -5.15. The lowest BCUT2D eigenvalue weighted by Crippen LogP contribution is -2.57. The van der Waals surface area contributed by atoms with Gasteiger partial charge in [-0.2, -0.15) is 0 Å². The number of para-hydroxylation sites is 1. The maximum absolute atomic E-state index is 12.6. The number of carboxylic acids is 2. The number of H-pyrrole nitrogens is 1. The molecule has 9 N–H and O–H groups in total. The number of aromatic nitrogens is 1. The number of fused-ring (bicyclic) bond motifs is 1. The Morgan fingerprint density at radius 2 is 1.63 bits per heavy atom. The number of aliphatic hydroxyl groups is 1. The molecule has 0 saturated heterocycles. The molecule has 0 bridgehead atoms. The van der Waals surface area contributed by atoms with Crippen LogP contribution in [0.1, 0.15) is 25.3 Å². The zero-order chi connectivity index (χ0) is 26.1. The minimum atomic E-state index is -1.63. The van der Waals surface area contributed by atoms with Gasteiger partial charge in [0.2, 0.25) is 17.7 Å². The van der Waals surface area contributed by atoms with E-state index in [0.29, 0.717) is 0 Å². The Morgan fingerprint density at radius 1 is 0.971 bits per heavy atom. The van der Waals surface area contributed by atoms with Crippen LogP contribution in [-0.2, 0) is 30.4 Å². The number of carboxylic acid groups (broad SMARTS) is 2. The largest absolute Gasteiger partial charge is 0.481 e. The second-order valence-corrected chi connectivity index (χ2v) is 7.98. The van der Waals surface area contributed by atoms with E-state index < -0.39 is 66.9 Å². The molecule has 0 aliphatic rings. The fourth-order valence-electron chi connectivity index (χ4n) is 3.31. The number of carbonyl (C=O) groups excluding carboxylic acids is 3. The molecule has 35 heavy (non-hydrogen) atoms. The number of carbonyl (C=O) groups is 5. The van der Waals surface area contributed by atoms with Crippen LogP contribution in [0.15, 0.2) is 30.5 Å². The van der Waals surface area contributed by atoms with E-state index in [1.165, 1.54) is 6.92 Å². The maximum Gasteiger partial charge on any atom is 0.328 e. The first kappa shape index (κ1) is 27.3. The van der Waals surface area contributed by atoms with Crippen molar-refractivity contribution < 1.29 is 39.3 Å². The van der Waals surface area contributed by atoms with Gasteiger partial charge in [0.05, 0.1) is 12.6 Å². The molecule has 1 aromatic heterocycles. The highest BCUT2D eigenvalue weighted by Gasteiger charge is 2.29. The summed E-state index contributed by atoms with van der Waals surface area (Å²) in [6.07, 6.45) is 1.11. The molecule has 4 unspecified atom stereocenters. The molecule has 2 aromatic rings. The van der Waals surface area contributed by atoms with Gasteiger partial charge in [0.25, 0.3) is 0 Å². The van der Waals surface area contributed by atoms with Crippen molar-refractivity contribution in [3.63, 3.8) is 0 Å². The molecule has 2 rings (SSSR count). The molecular formula is C22H29N5O8. The zero-order valence-corrected chi connectivity index (χ0v) is 19.0. The van der Waals surface area contributed by atoms with Crippen LogP contribution in [0, 0.1) is 0 Å². The number of nitrogens with one attached hydrogen (secondary N) is 4. The van der Waals surface area contributed by atoms with Gasteiger partial charge in [-0.1, -0.05) is 18.2 Å². The van der Waals surface area contributed by atoms with Crippen LogP contribution in [0.25, 0.3) is 10.9 Å². The topological polar surface area (TPSA) is 224 Å². The average Bonchev–Trinajstić information content (AvgIpc) is 3.22. The molecule has 3 amide bonds. The Bertz CT molecular complexity index is 1080. The fraction of sp³-hybridized carbons (Fsp3) is 0.409. The second-order valence-electron chi connectivity index (χ2n) is 7.98. The molecule has 190 valence electrons. The average molecular weight is 492 g/mol. The van der Waals surface area contributed by atoms with Gasteiger partial charge >= 0.3 is 11.9 Å². The zero-order valence-electron chi connectivity index (χ0n) is 19.0. The van der Waals surface area contributed by atoms with Crippen molar-refractivity contribution in [1.29, 1.82) is 0 Å². The van der Waals surface area contributed by atoms with E-state index in [9.17, 15) is 24.0 Å². The van der Waals surface area contributed by atoms with E-state index in [4.69, 9.17) is 21.1 Å². The van der Waals surface area contributed by atoms with Gasteiger partial charge in [-0.15, -0.1) is 0 Å². The van der Waals surface area contributed by atoms with Gasteiger partial charge in [0, 0.05) is 23.5 Å². The molecule has 0 aliphatic heterocycles. The Kier molecular flexibility index (Phi) is 9.73. The number of amides is 3. The Balaban J connectivity index is 1.99. The van der Waals surface area contributed by atoms with Gasteiger partial charge in [-0.3, -0.25) is 19.2 Å². The molecule has 0 fully saturated rings. The molecule has 0 aliphatic carbocycles. The van der Waals surface area contributed by atoms with Gasteiger partial charge in [0.15, 0.2) is 0 Å². The molecule has 0 saturated carbocycles. The van der Waals surface area contributed by atoms with Gasteiger partial charge in [0.1, 0.15) is 18.1 Å². The van der Waals surface area contributed by atoms with E-state index in [2.05, 4.69) is 15.6 Å². The second kappa shape index (κ2) is 12.5. The first-order valence-electron chi connectivity index (χ1n) is 10.8. The summed E-state index contributed by atoms with van der Waals surface area (Å²) >= 11 is 0. The minimum Gasteiger partial charge on any atom is -0.481 e. The highest BCUT2D eigenvalue weighted by molar-refractivity contribution is 5.94. The van der Waals surface area contributed by atoms with Gasteiger partial charge in [-0.05, 0) is 31.4 Å². The van der Waals surface area contributed by atoms with Crippen molar-refractivity contribution in [2.45, 2.75) is 50.4 Å². The molecule has 4 atom stereocenters. The molecule has 0 radical (unpaired) electrons. The number of hydrogen-bond acceptors (Lipinski definition) is 7. The van der Waals surface area contributed by atoms with Crippen molar-refractivity contribution >= 4 is 40.6 Å². The summed E-state index contributed by atoms with van der Waals surface area (Å²) in [6, 6.07) is 2.33. The molecule has 1 heterocycles. The number of aromatic amines is 1. The van der Waals surface area contributed by atoms with Gasteiger partial charge in [-0.25, -0.2) is 4.79 Å². The SMILES string of the molecule is CC(NC(=O)C(N)Cc1c[nH]c2ccccc12)C(=O)NC(CCC(=O)O)C(=O)NC(CO)C(=O)O. The summed E-state index contributed by atoms with van der Waals surface area (Å²) in [4.78, 5) is 62.6. The van der Waals surface area contributed by atoms with E-state index in [-0.39, 0.29) is 12.8 Å². The van der Waals surface area contributed by atoms with Crippen LogP contribution in [0.5, 0.6) is 0 Å². The highest BCUT2D eigenvalue weighted by Crippen LogP contribution is 2.18. The van der Waals surface area contributed by atoms with Crippen molar-refractivity contribution in [1.82, 2.24) is 20.9 Å². The number of hydrogen-bond donors (Lipinski definition) is 8. The number of rotatable bonds is 13. The molecule has 13 heteroatoms. The van der Waals surface area contributed by atoms with Gasteiger partial charge < -0.3 is 42.0 Å². The number of aliphatic hydroxyl groups excluding tert-OH is 1.